The molecule has 1 atom stereocenters. The van der Waals surface area contributed by atoms with E-state index in [9.17, 15) is 9.59 Å². The Morgan fingerprint density at radius 1 is 1.41 bits per heavy atom. The minimum Gasteiger partial charge on any atom is -0.484 e. The maximum atomic E-state index is 11.9. The van der Waals surface area contributed by atoms with Crippen LogP contribution in [-0.4, -0.2) is 50.0 Å². The van der Waals surface area contributed by atoms with Crippen LogP contribution in [0.2, 0.25) is 0 Å². The monoisotopic (exact) mass is 305 g/mol. The first-order valence-corrected chi connectivity index (χ1v) is 7.49. The molecule has 0 bridgehead atoms. The third-order valence-corrected chi connectivity index (χ3v) is 3.60. The summed E-state index contributed by atoms with van der Waals surface area (Å²) in [5.74, 6) is 0.568. The van der Waals surface area contributed by atoms with Gasteiger partial charge in [-0.3, -0.25) is 9.59 Å². The Morgan fingerprint density at radius 2 is 2.23 bits per heavy atom. The van der Waals surface area contributed by atoms with Gasteiger partial charge in [0.1, 0.15) is 5.75 Å². The summed E-state index contributed by atoms with van der Waals surface area (Å²) in [6.07, 6.45) is 1.93. The van der Waals surface area contributed by atoms with E-state index < -0.39 is 0 Å². The van der Waals surface area contributed by atoms with Gasteiger partial charge < -0.3 is 20.3 Å². The lowest BCUT2D eigenvalue weighted by Crippen LogP contribution is -2.39. The number of ether oxygens (including phenoxy) is 1. The fourth-order valence-electron chi connectivity index (χ4n) is 2.24. The highest BCUT2D eigenvalue weighted by atomic mass is 16.5. The average molecular weight is 305 g/mol. The number of carbonyl (C=O) groups excluding carboxylic acids is 2. The Kier molecular flexibility index (Phi) is 5.77. The van der Waals surface area contributed by atoms with Crippen molar-refractivity contribution < 1.29 is 14.3 Å². The second-order valence-corrected chi connectivity index (χ2v) is 5.59. The highest BCUT2D eigenvalue weighted by molar-refractivity contribution is 5.82. The van der Waals surface area contributed by atoms with Gasteiger partial charge in [-0.05, 0) is 37.1 Å². The molecular formula is C16H23N3O3. The van der Waals surface area contributed by atoms with E-state index in [0.717, 1.165) is 24.9 Å². The summed E-state index contributed by atoms with van der Waals surface area (Å²) in [5, 5.41) is 6.09. The number of likely N-dealkylation sites (N-methyl/N-ethyl adjacent to an activating group) is 1. The lowest BCUT2D eigenvalue weighted by atomic mass is 10.2. The minimum atomic E-state index is -0.0917. The van der Waals surface area contributed by atoms with Crippen molar-refractivity contribution in [1.29, 1.82) is 0 Å². The predicted octanol–water partition coefficient (Wildman–Crippen LogP) is 0.522. The largest absolute Gasteiger partial charge is 0.484 e. The van der Waals surface area contributed by atoms with E-state index in [1.807, 2.05) is 18.2 Å². The van der Waals surface area contributed by atoms with Gasteiger partial charge in [0.15, 0.2) is 6.61 Å². The molecule has 1 heterocycles. The smallest absolute Gasteiger partial charge is 0.259 e. The van der Waals surface area contributed by atoms with Crippen LogP contribution < -0.4 is 15.4 Å². The van der Waals surface area contributed by atoms with E-state index >= 15 is 0 Å². The van der Waals surface area contributed by atoms with Crippen LogP contribution in [0.4, 0.5) is 0 Å². The molecule has 1 fully saturated rings. The van der Waals surface area contributed by atoms with Gasteiger partial charge in [0.25, 0.3) is 5.91 Å². The van der Waals surface area contributed by atoms with Crippen LogP contribution in [0.3, 0.4) is 0 Å². The number of benzene rings is 1. The predicted molar refractivity (Wildman–Crippen MR) is 83.5 cm³/mol. The molecule has 1 unspecified atom stereocenters. The Hall–Kier alpha value is -2.08. The molecule has 6 nitrogen and oxygen atoms in total. The molecule has 0 saturated carbocycles. The molecule has 1 aliphatic rings. The van der Waals surface area contributed by atoms with Crippen molar-refractivity contribution in [3.8, 4) is 5.75 Å². The maximum absolute atomic E-state index is 11.9. The van der Waals surface area contributed by atoms with Crippen LogP contribution in [-0.2, 0) is 16.1 Å². The lowest BCUT2D eigenvalue weighted by Gasteiger charge is -2.13. The third kappa shape index (κ3) is 4.73. The summed E-state index contributed by atoms with van der Waals surface area (Å²) in [6.45, 7) is 1.37. The molecule has 0 spiro atoms. The standard InChI is InChI=1S/C16H23N3O3/c1-19(2)15(20)11-22-13-6-3-5-12(9-13)10-18-16(21)14-7-4-8-17-14/h3,5-6,9,14,17H,4,7-8,10-11H2,1-2H3,(H,18,21). The van der Waals surface area contributed by atoms with E-state index in [0.29, 0.717) is 12.3 Å². The van der Waals surface area contributed by atoms with Crippen molar-refractivity contribution in [2.24, 2.45) is 0 Å². The Balaban J connectivity index is 1.83. The SMILES string of the molecule is CN(C)C(=O)COc1cccc(CNC(=O)C2CCCN2)c1. The van der Waals surface area contributed by atoms with Gasteiger partial charge in [-0.15, -0.1) is 0 Å². The van der Waals surface area contributed by atoms with Crippen molar-refractivity contribution in [3.05, 3.63) is 29.8 Å². The third-order valence-electron chi connectivity index (χ3n) is 3.60. The Bertz CT molecular complexity index is 525. The Morgan fingerprint density at radius 3 is 2.91 bits per heavy atom. The van der Waals surface area contributed by atoms with E-state index in [4.69, 9.17) is 4.74 Å². The van der Waals surface area contributed by atoms with Crippen LogP contribution in [0.25, 0.3) is 0 Å². The summed E-state index contributed by atoms with van der Waals surface area (Å²) >= 11 is 0. The summed E-state index contributed by atoms with van der Waals surface area (Å²) < 4.78 is 5.46. The molecule has 2 amide bonds. The van der Waals surface area contributed by atoms with E-state index in [1.54, 1.807) is 20.2 Å². The van der Waals surface area contributed by atoms with Crippen LogP contribution in [0.15, 0.2) is 24.3 Å². The quantitative estimate of drug-likeness (QED) is 0.804. The molecule has 1 aromatic carbocycles. The zero-order valence-electron chi connectivity index (χ0n) is 13.1. The molecular weight excluding hydrogens is 282 g/mol. The van der Waals surface area contributed by atoms with Crippen molar-refractivity contribution >= 4 is 11.8 Å². The molecule has 6 heteroatoms. The molecule has 2 N–H and O–H groups in total. The van der Waals surface area contributed by atoms with E-state index in [1.165, 1.54) is 4.90 Å². The van der Waals surface area contributed by atoms with Gasteiger partial charge in [0, 0.05) is 20.6 Å². The van der Waals surface area contributed by atoms with Crippen molar-refractivity contribution in [2.45, 2.75) is 25.4 Å². The first kappa shape index (κ1) is 16.3. The van der Waals surface area contributed by atoms with Crippen LogP contribution in [0.5, 0.6) is 5.75 Å². The van der Waals surface area contributed by atoms with Crippen LogP contribution in [0, 0.1) is 0 Å². The van der Waals surface area contributed by atoms with Crippen molar-refractivity contribution in [2.75, 3.05) is 27.2 Å². The second kappa shape index (κ2) is 7.79. The van der Waals surface area contributed by atoms with Gasteiger partial charge in [0.05, 0.1) is 6.04 Å². The molecule has 120 valence electrons. The molecule has 1 saturated heterocycles. The second-order valence-electron chi connectivity index (χ2n) is 5.59. The number of hydrogen-bond donors (Lipinski definition) is 2. The summed E-state index contributed by atoms with van der Waals surface area (Å²) in [6, 6.07) is 7.34. The van der Waals surface area contributed by atoms with E-state index in [2.05, 4.69) is 10.6 Å². The summed E-state index contributed by atoms with van der Waals surface area (Å²) in [5.41, 5.74) is 0.946. The van der Waals surface area contributed by atoms with Crippen molar-refractivity contribution in [3.63, 3.8) is 0 Å². The zero-order chi connectivity index (χ0) is 15.9. The maximum Gasteiger partial charge on any atom is 0.259 e. The van der Waals surface area contributed by atoms with Gasteiger partial charge in [-0.1, -0.05) is 12.1 Å². The molecule has 0 aliphatic carbocycles. The highest BCUT2D eigenvalue weighted by Crippen LogP contribution is 2.13. The summed E-state index contributed by atoms with van der Waals surface area (Å²) in [4.78, 5) is 24.9. The normalized spacial score (nSPS) is 17.1. The number of nitrogens with one attached hydrogen (secondary N) is 2. The zero-order valence-corrected chi connectivity index (χ0v) is 13.1. The molecule has 22 heavy (non-hydrogen) atoms. The van der Waals surface area contributed by atoms with Gasteiger partial charge in [-0.2, -0.15) is 0 Å². The molecule has 2 rings (SSSR count). The van der Waals surface area contributed by atoms with Gasteiger partial charge in [-0.25, -0.2) is 0 Å². The number of nitrogens with zero attached hydrogens (tertiary/aromatic N) is 1. The fourth-order valence-corrected chi connectivity index (χ4v) is 2.24. The number of amides is 2. The number of carbonyl (C=O) groups is 2. The van der Waals surface area contributed by atoms with Gasteiger partial charge in [0.2, 0.25) is 5.91 Å². The molecule has 1 aromatic rings. The fraction of sp³-hybridized carbons (Fsp3) is 0.500. The molecule has 0 radical (unpaired) electrons. The topological polar surface area (TPSA) is 70.7 Å². The van der Waals surface area contributed by atoms with E-state index in [-0.39, 0.29) is 24.5 Å². The molecule has 1 aliphatic heterocycles. The number of rotatable bonds is 6. The summed E-state index contributed by atoms with van der Waals surface area (Å²) in [7, 11) is 3.38. The average Bonchev–Trinajstić information content (AvgIpc) is 3.05. The minimum absolute atomic E-state index is 0.00874. The van der Waals surface area contributed by atoms with Crippen LogP contribution in [0.1, 0.15) is 18.4 Å². The Labute approximate surface area is 130 Å². The van der Waals surface area contributed by atoms with Crippen molar-refractivity contribution in [1.82, 2.24) is 15.5 Å². The van der Waals surface area contributed by atoms with Gasteiger partial charge >= 0.3 is 0 Å². The first-order valence-electron chi connectivity index (χ1n) is 7.49. The first-order chi connectivity index (χ1) is 10.6. The highest BCUT2D eigenvalue weighted by Gasteiger charge is 2.21. The lowest BCUT2D eigenvalue weighted by molar-refractivity contribution is -0.130. The number of hydrogen-bond acceptors (Lipinski definition) is 4. The molecule has 0 aromatic heterocycles. The van der Waals surface area contributed by atoms with Crippen LogP contribution >= 0.6 is 0 Å².